The molecular weight excluding hydrogens is 334 g/mol. The van der Waals surface area contributed by atoms with Crippen molar-refractivity contribution in [3.8, 4) is 0 Å². The fourth-order valence-corrected chi connectivity index (χ4v) is 2.96. The molecular formula is C19H27N3O2S. The standard InChI is InChI=1S/C19H27N3O2S/c1-13(25-12-14-10-8-7-9-11-14)15(23)21-19(5,6)16-20-17(24-22-16)18(2,3)4/h7-11,13H,12H2,1-6H3,(H,21,23). The van der Waals surface area contributed by atoms with Crippen LogP contribution in [0, 0.1) is 0 Å². The molecule has 0 spiro atoms. The molecule has 1 heterocycles. The Bertz CT molecular complexity index is 705. The van der Waals surface area contributed by atoms with Crippen LogP contribution in [0.4, 0.5) is 0 Å². The van der Waals surface area contributed by atoms with Crippen LogP contribution in [0.5, 0.6) is 0 Å². The van der Waals surface area contributed by atoms with E-state index in [-0.39, 0.29) is 16.6 Å². The van der Waals surface area contributed by atoms with Crippen LogP contribution in [-0.4, -0.2) is 21.3 Å². The number of rotatable bonds is 6. The summed E-state index contributed by atoms with van der Waals surface area (Å²) in [6.45, 7) is 11.7. The van der Waals surface area contributed by atoms with Crippen molar-refractivity contribution in [1.82, 2.24) is 15.5 Å². The summed E-state index contributed by atoms with van der Waals surface area (Å²) in [7, 11) is 0. The zero-order valence-corrected chi connectivity index (χ0v) is 16.6. The number of nitrogens with zero attached hydrogens (tertiary/aromatic N) is 2. The monoisotopic (exact) mass is 361 g/mol. The molecule has 0 aliphatic rings. The number of nitrogens with one attached hydrogen (secondary N) is 1. The summed E-state index contributed by atoms with van der Waals surface area (Å²) in [5.41, 5.74) is 0.301. The van der Waals surface area contributed by atoms with Gasteiger partial charge in [-0.25, -0.2) is 0 Å². The summed E-state index contributed by atoms with van der Waals surface area (Å²) in [6, 6.07) is 10.1. The van der Waals surface area contributed by atoms with Gasteiger partial charge >= 0.3 is 0 Å². The van der Waals surface area contributed by atoms with E-state index in [0.717, 1.165) is 5.75 Å². The summed E-state index contributed by atoms with van der Waals surface area (Å²) in [5, 5.41) is 6.91. The molecule has 6 heteroatoms. The maximum absolute atomic E-state index is 12.5. The largest absolute Gasteiger partial charge is 0.343 e. The third-order valence-electron chi connectivity index (χ3n) is 3.77. The molecule has 0 bridgehead atoms. The number of hydrogen-bond acceptors (Lipinski definition) is 5. The van der Waals surface area contributed by atoms with Crippen molar-refractivity contribution in [2.24, 2.45) is 0 Å². The van der Waals surface area contributed by atoms with Gasteiger partial charge in [0.05, 0.1) is 10.8 Å². The highest BCUT2D eigenvalue weighted by atomic mass is 32.2. The zero-order valence-electron chi connectivity index (χ0n) is 15.8. The molecule has 0 saturated carbocycles. The van der Waals surface area contributed by atoms with Gasteiger partial charge in [0.2, 0.25) is 11.8 Å². The zero-order chi connectivity index (χ0) is 18.7. The molecule has 1 atom stereocenters. The first-order chi connectivity index (χ1) is 11.6. The fraction of sp³-hybridized carbons (Fsp3) is 0.526. The number of carbonyl (C=O) groups is 1. The first-order valence-electron chi connectivity index (χ1n) is 8.42. The van der Waals surface area contributed by atoms with Gasteiger partial charge in [0.1, 0.15) is 0 Å². The van der Waals surface area contributed by atoms with Crippen molar-refractivity contribution in [3.63, 3.8) is 0 Å². The van der Waals surface area contributed by atoms with Gasteiger partial charge in [-0.05, 0) is 26.3 Å². The summed E-state index contributed by atoms with van der Waals surface area (Å²) >= 11 is 1.61. The van der Waals surface area contributed by atoms with Crippen LogP contribution in [0.1, 0.15) is 58.8 Å². The van der Waals surface area contributed by atoms with Crippen LogP contribution in [0.25, 0.3) is 0 Å². The molecule has 1 aromatic heterocycles. The average molecular weight is 362 g/mol. The van der Waals surface area contributed by atoms with Gasteiger partial charge in [-0.15, -0.1) is 11.8 Å². The van der Waals surface area contributed by atoms with Gasteiger partial charge in [-0.1, -0.05) is 56.3 Å². The molecule has 0 saturated heterocycles. The Kier molecular flexibility index (Phi) is 5.93. The summed E-state index contributed by atoms with van der Waals surface area (Å²) in [6.07, 6.45) is 0. The van der Waals surface area contributed by atoms with Crippen molar-refractivity contribution in [2.45, 2.75) is 63.5 Å². The topological polar surface area (TPSA) is 68.0 Å². The number of amides is 1. The van der Waals surface area contributed by atoms with E-state index >= 15 is 0 Å². The lowest BCUT2D eigenvalue weighted by molar-refractivity contribution is -0.122. The molecule has 1 unspecified atom stereocenters. The van der Waals surface area contributed by atoms with E-state index in [4.69, 9.17) is 4.52 Å². The Hall–Kier alpha value is -1.82. The minimum absolute atomic E-state index is 0.0342. The van der Waals surface area contributed by atoms with Crippen molar-refractivity contribution >= 4 is 17.7 Å². The first kappa shape index (κ1) is 19.5. The average Bonchev–Trinajstić information content (AvgIpc) is 3.04. The molecule has 0 aliphatic heterocycles. The van der Waals surface area contributed by atoms with E-state index in [2.05, 4.69) is 27.6 Å². The summed E-state index contributed by atoms with van der Waals surface area (Å²) in [4.78, 5) is 17.0. The van der Waals surface area contributed by atoms with Crippen LogP contribution in [-0.2, 0) is 21.5 Å². The predicted molar refractivity (Wildman–Crippen MR) is 101 cm³/mol. The Morgan fingerprint density at radius 3 is 2.40 bits per heavy atom. The second-order valence-corrected chi connectivity index (χ2v) is 9.06. The van der Waals surface area contributed by atoms with Crippen LogP contribution in [0.15, 0.2) is 34.9 Å². The van der Waals surface area contributed by atoms with E-state index in [1.54, 1.807) is 11.8 Å². The highest BCUT2D eigenvalue weighted by Gasteiger charge is 2.32. The van der Waals surface area contributed by atoms with Crippen molar-refractivity contribution < 1.29 is 9.32 Å². The van der Waals surface area contributed by atoms with E-state index in [0.29, 0.717) is 11.7 Å². The molecule has 1 N–H and O–H groups in total. The summed E-state index contributed by atoms with van der Waals surface area (Å²) in [5.74, 6) is 1.82. The lowest BCUT2D eigenvalue weighted by Gasteiger charge is -2.24. The predicted octanol–water partition coefficient (Wildman–Crippen LogP) is 4.04. The van der Waals surface area contributed by atoms with Crippen LogP contribution in [0.3, 0.4) is 0 Å². The van der Waals surface area contributed by atoms with E-state index in [1.807, 2.05) is 59.7 Å². The normalized spacial score (nSPS) is 13.5. The number of benzene rings is 1. The molecule has 5 nitrogen and oxygen atoms in total. The SMILES string of the molecule is CC(SCc1ccccc1)C(=O)NC(C)(C)c1noc(C(C)(C)C)n1. The van der Waals surface area contributed by atoms with Gasteiger partial charge in [-0.3, -0.25) is 4.79 Å². The van der Waals surface area contributed by atoms with Crippen molar-refractivity contribution in [1.29, 1.82) is 0 Å². The molecule has 2 rings (SSSR count). The fourth-order valence-electron chi connectivity index (χ4n) is 2.12. The highest BCUT2D eigenvalue weighted by Crippen LogP contribution is 2.25. The van der Waals surface area contributed by atoms with Gasteiger partial charge in [0, 0.05) is 11.2 Å². The van der Waals surface area contributed by atoms with Crippen LogP contribution in [0.2, 0.25) is 0 Å². The molecule has 0 aliphatic carbocycles. The third-order valence-corrected chi connectivity index (χ3v) is 4.99. The Labute approximate surface area is 154 Å². The Morgan fingerprint density at radius 2 is 1.84 bits per heavy atom. The van der Waals surface area contributed by atoms with E-state index in [1.165, 1.54) is 5.56 Å². The molecule has 1 amide bonds. The van der Waals surface area contributed by atoms with E-state index < -0.39 is 5.54 Å². The molecule has 1 aromatic carbocycles. The second kappa shape index (κ2) is 7.60. The second-order valence-electron chi connectivity index (χ2n) is 7.73. The lowest BCUT2D eigenvalue weighted by atomic mass is 9.97. The lowest BCUT2D eigenvalue weighted by Crippen LogP contribution is -2.45. The van der Waals surface area contributed by atoms with Gasteiger partial charge < -0.3 is 9.84 Å². The molecule has 25 heavy (non-hydrogen) atoms. The number of thioether (sulfide) groups is 1. The van der Waals surface area contributed by atoms with Crippen molar-refractivity contribution in [2.75, 3.05) is 0 Å². The van der Waals surface area contributed by atoms with Gasteiger partial charge in [0.25, 0.3) is 0 Å². The molecule has 0 radical (unpaired) electrons. The number of hydrogen-bond donors (Lipinski definition) is 1. The van der Waals surface area contributed by atoms with E-state index in [9.17, 15) is 4.79 Å². The van der Waals surface area contributed by atoms with Crippen LogP contribution >= 0.6 is 11.8 Å². The first-order valence-corrected chi connectivity index (χ1v) is 9.47. The highest BCUT2D eigenvalue weighted by molar-refractivity contribution is 7.99. The molecule has 136 valence electrons. The third kappa shape index (κ3) is 5.33. The minimum Gasteiger partial charge on any atom is -0.343 e. The van der Waals surface area contributed by atoms with Gasteiger partial charge in [0.15, 0.2) is 5.82 Å². The summed E-state index contributed by atoms with van der Waals surface area (Å²) < 4.78 is 5.35. The minimum atomic E-state index is -0.689. The quantitative estimate of drug-likeness (QED) is 0.841. The van der Waals surface area contributed by atoms with Gasteiger partial charge in [-0.2, -0.15) is 4.98 Å². The Balaban J connectivity index is 1.96. The maximum atomic E-state index is 12.5. The Morgan fingerprint density at radius 1 is 1.20 bits per heavy atom. The number of aromatic nitrogens is 2. The molecule has 0 fully saturated rings. The molecule has 2 aromatic rings. The van der Waals surface area contributed by atoms with Crippen molar-refractivity contribution in [3.05, 3.63) is 47.6 Å². The smallest absolute Gasteiger partial charge is 0.233 e. The maximum Gasteiger partial charge on any atom is 0.233 e. The van der Waals surface area contributed by atoms with Crippen LogP contribution < -0.4 is 5.32 Å². The number of carbonyl (C=O) groups excluding carboxylic acids is 1.